The number of nitriles is 1. The van der Waals surface area contributed by atoms with Gasteiger partial charge in [-0.25, -0.2) is 9.78 Å². The molecule has 1 amide bonds. The highest BCUT2D eigenvalue weighted by atomic mass is 32.2. The summed E-state index contributed by atoms with van der Waals surface area (Å²) in [4.78, 5) is 29.9. The topological polar surface area (TPSA) is 132 Å². The largest absolute Gasteiger partial charge is 0.534 e. The van der Waals surface area contributed by atoms with E-state index in [0.29, 0.717) is 37.0 Å². The molecule has 5 rings (SSSR count). The van der Waals surface area contributed by atoms with E-state index in [-0.39, 0.29) is 56.5 Å². The van der Waals surface area contributed by atoms with Crippen LogP contribution in [0.25, 0.3) is 6.08 Å². The SMILES string of the molecule is CN(C)C1CN(c2nc3c(c(N4CCN(C(=O)OCc5ccccc5)[C@@H](CC#N)C4)n2)CCC(OS(=O)(=O)C(F)(F)F)=C3)C1. The maximum absolute atomic E-state index is 13.0. The molecular formula is C28H32F3N7O5S. The highest BCUT2D eigenvalue weighted by Crippen LogP contribution is 2.36. The second-order valence-electron chi connectivity index (χ2n) is 11.0. The Kier molecular flexibility index (Phi) is 8.89. The number of rotatable bonds is 8. The lowest BCUT2D eigenvalue weighted by molar-refractivity contribution is -0.0523. The number of amides is 1. The normalized spacial score (nSPS) is 19.2. The molecule has 0 spiro atoms. The number of anilines is 2. The number of nitrogens with zero attached hydrogens (tertiary/aromatic N) is 7. The predicted octanol–water partition coefficient (Wildman–Crippen LogP) is 3.12. The van der Waals surface area contributed by atoms with Gasteiger partial charge in [-0.2, -0.15) is 31.8 Å². The highest BCUT2D eigenvalue weighted by molar-refractivity contribution is 7.87. The van der Waals surface area contributed by atoms with Gasteiger partial charge in [-0.15, -0.1) is 0 Å². The van der Waals surface area contributed by atoms with Crippen LogP contribution in [0, 0.1) is 11.3 Å². The Morgan fingerprint density at radius 1 is 1.09 bits per heavy atom. The third kappa shape index (κ3) is 6.68. The minimum absolute atomic E-state index is 0.0426. The number of allylic oxidation sites excluding steroid dienone is 1. The van der Waals surface area contributed by atoms with Crippen LogP contribution in [0.4, 0.5) is 29.7 Å². The summed E-state index contributed by atoms with van der Waals surface area (Å²) < 4.78 is 72.3. The van der Waals surface area contributed by atoms with Crippen LogP contribution in [0.15, 0.2) is 36.1 Å². The number of piperazine rings is 1. The smallest absolute Gasteiger partial charge is 0.445 e. The van der Waals surface area contributed by atoms with Gasteiger partial charge in [0.05, 0.1) is 24.2 Å². The molecule has 16 heteroatoms. The minimum atomic E-state index is -5.84. The molecule has 2 fully saturated rings. The van der Waals surface area contributed by atoms with Gasteiger partial charge in [0.25, 0.3) is 0 Å². The van der Waals surface area contributed by atoms with Crippen molar-refractivity contribution >= 4 is 34.1 Å². The summed E-state index contributed by atoms with van der Waals surface area (Å²) in [5, 5.41) is 9.55. The van der Waals surface area contributed by atoms with Gasteiger partial charge in [0.1, 0.15) is 18.2 Å². The Labute approximate surface area is 253 Å². The summed E-state index contributed by atoms with van der Waals surface area (Å²) in [5.41, 5.74) is -3.85. The van der Waals surface area contributed by atoms with E-state index >= 15 is 0 Å². The van der Waals surface area contributed by atoms with E-state index in [4.69, 9.17) is 9.72 Å². The van der Waals surface area contributed by atoms with Crippen LogP contribution >= 0.6 is 0 Å². The number of ether oxygens (including phenoxy) is 1. The molecule has 1 aliphatic carbocycles. The van der Waals surface area contributed by atoms with Gasteiger partial charge < -0.3 is 28.5 Å². The standard InChI is InChI=1S/C28H32F3N7O5S/c1-35(2)21-16-37(17-21)26-33-24-14-22(43-44(40,41)28(29,30)31)8-9-23(24)25(34-26)36-12-13-38(20(15-36)10-11-32)27(39)42-18-19-6-4-3-5-7-19/h3-7,14,20-21H,8-10,12-13,15-18H2,1-2H3/t20-/m0/s1. The zero-order chi connectivity index (χ0) is 31.6. The first-order chi connectivity index (χ1) is 20.9. The van der Waals surface area contributed by atoms with E-state index in [1.54, 1.807) is 0 Å². The van der Waals surface area contributed by atoms with Crippen LogP contribution in [0.1, 0.15) is 29.7 Å². The van der Waals surface area contributed by atoms with Gasteiger partial charge in [0, 0.05) is 56.8 Å². The Morgan fingerprint density at radius 2 is 1.82 bits per heavy atom. The lowest BCUT2D eigenvalue weighted by Crippen LogP contribution is -2.58. The number of hydrogen-bond donors (Lipinski definition) is 0. The first kappa shape index (κ1) is 31.3. The van der Waals surface area contributed by atoms with Crippen molar-refractivity contribution < 1.29 is 35.3 Å². The first-order valence-electron chi connectivity index (χ1n) is 14.0. The van der Waals surface area contributed by atoms with Crippen molar-refractivity contribution in [1.82, 2.24) is 19.8 Å². The fourth-order valence-corrected chi connectivity index (χ4v) is 5.79. The van der Waals surface area contributed by atoms with Gasteiger partial charge in [-0.05, 0) is 26.1 Å². The minimum Gasteiger partial charge on any atom is -0.445 e. The summed E-state index contributed by atoms with van der Waals surface area (Å²) in [7, 11) is -1.93. The number of likely N-dealkylation sites (N-methyl/N-ethyl adjacent to an activating group) is 1. The number of hydrogen-bond acceptors (Lipinski definition) is 11. The maximum Gasteiger partial charge on any atom is 0.534 e. The molecule has 2 saturated heterocycles. The van der Waals surface area contributed by atoms with Crippen molar-refractivity contribution in [3.05, 3.63) is 52.9 Å². The van der Waals surface area contributed by atoms with Crippen LogP contribution in [0.2, 0.25) is 0 Å². The zero-order valence-corrected chi connectivity index (χ0v) is 25.0. The van der Waals surface area contributed by atoms with E-state index in [1.165, 1.54) is 11.0 Å². The molecule has 3 aliphatic rings. The van der Waals surface area contributed by atoms with Gasteiger partial charge in [-0.1, -0.05) is 30.3 Å². The molecule has 44 heavy (non-hydrogen) atoms. The second-order valence-corrected chi connectivity index (χ2v) is 12.6. The molecule has 2 aliphatic heterocycles. The quantitative estimate of drug-likeness (QED) is 0.313. The van der Waals surface area contributed by atoms with Gasteiger partial charge in [0.2, 0.25) is 5.95 Å². The van der Waals surface area contributed by atoms with E-state index in [0.717, 1.165) is 5.56 Å². The van der Waals surface area contributed by atoms with Crippen molar-refractivity contribution in [2.24, 2.45) is 0 Å². The van der Waals surface area contributed by atoms with E-state index in [9.17, 15) is 31.6 Å². The van der Waals surface area contributed by atoms with E-state index < -0.39 is 27.8 Å². The summed E-state index contributed by atoms with van der Waals surface area (Å²) in [5.74, 6) is 0.496. The van der Waals surface area contributed by atoms with Crippen molar-refractivity contribution in [2.45, 2.75) is 43.5 Å². The molecule has 0 saturated carbocycles. The summed E-state index contributed by atoms with van der Waals surface area (Å²) in [6.45, 7) is 2.19. The molecule has 0 N–H and O–H groups in total. The average molecular weight is 636 g/mol. The van der Waals surface area contributed by atoms with Crippen LogP contribution in [0.3, 0.4) is 0 Å². The van der Waals surface area contributed by atoms with E-state index in [2.05, 4.69) is 20.1 Å². The van der Waals surface area contributed by atoms with E-state index in [1.807, 2.05) is 54.2 Å². The molecule has 2 aromatic rings. The molecule has 0 unspecified atom stereocenters. The summed E-state index contributed by atoms with van der Waals surface area (Å²) >= 11 is 0. The predicted molar refractivity (Wildman–Crippen MR) is 154 cm³/mol. The van der Waals surface area contributed by atoms with Gasteiger partial charge in [-0.3, -0.25) is 0 Å². The highest BCUT2D eigenvalue weighted by Gasteiger charge is 2.49. The molecule has 0 bridgehead atoms. The monoisotopic (exact) mass is 635 g/mol. The molecule has 1 aromatic carbocycles. The molecule has 3 heterocycles. The number of benzene rings is 1. The third-order valence-electron chi connectivity index (χ3n) is 7.85. The van der Waals surface area contributed by atoms with Crippen molar-refractivity contribution in [3.63, 3.8) is 0 Å². The molecule has 1 aromatic heterocycles. The molecule has 12 nitrogen and oxygen atoms in total. The lowest BCUT2D eigenvalue weighted by Gasteiger charge is -2.44. The number of carbonyl (C=O) groups excluding carboxylic acids is 1. The number of aromatic nitrogens is 2. The first-order valence-corrected chi connectivity index (χ1v) is 15.4. The molecule has 0 radical (unpaired) electrons. The molecular weight excluding hydrogens is 603 g/mol. The van der Waals surface area contributed by atoms with Crippen molar-refractivity contribution in [3.8, 4) is 6.07 Å². The van der Waals surface area contributed by atoms with Gasteiger partial charge in [0.15, 0.2) is 0 Å². The number of fused-ring (bicyclic) bond motifs is 1. The van der Waals surface area contributed by atoms with Gasteiger partial charge >= 0.3 is 21.7 Å². The number of carbonyl (C=O) groups is 1. The summed E-state index contributed by atoms with van der Waals surface area (Å²) in [6, 6.07) is 11.1. The summed E-state index contributed by atoms with van der Waals surface area (Å²) in [6.07, 6.45) is 0.736. The van der Waals surface area contributed by atoms with Crippen LogP contribution in [0.5, 0.6) is 0 Å². The fraction of sp³-hybridized carbons (Fsp3) is 0.500. The number of alkyl halides is 3. The Bertz CT molecular complexity index is 1560. The van der Waals surface area contributed by atoms with Crippen LogP contribution < -0.4 is 9.80 Å². The van der Waals surface area contributed by atoms with Crippen LogP contribution in [-0.2, 0) is 32.1 Å². The molecule has 236 valence electrons. The average Bonchev–Trinajstić information content (AvgIpc) is 2.94. The molecule has 1 atom stereocenters. The maximum atomic E-state index is 13.0. The fourth-order valence-electron chi connectivity index (χ4n) is 5.28. The lowest BCUT2D eigenvalue weighted by atomic mass is 9.99. The third-order valence-corrected chi connectivity index (χ3v) is 8.85. The Balaban J connectivity index is 1.41. The number of halogens is 3. The van der Waals surface area contributed by atoms with Crippen LogP contribution in [-0.4, -0.2) is 98.7 Å². The van der Waals surface area contributed by atoms with Crippen molar-refractivity contribution in [1.29, 1.82) is 5.26 Å². The zero-order valence-electron chi connectivity index (χ0n) is 24.2. The Morgan fingerprint density at radius 3 is 2.48 bits per heavy atom. The Hall–Kier alpha value is -4.10. The second kappa shape index (κ2) is 12.5. The van der Waals surface area contributed by atoms with Crippen molar-refractivity contribution in [2.75, 3.05) is 56.6 Å².